The number of carbonyl (C=O) groups excluding carboxylic acids is 1. The van der Waals surface area contributed by atoms with Gasteiger partial charge in [-0.25, -0.2) is 5.84 Å². The summed E-state index contributed by atoms with van der Waals surface area (Å²) in [5, 5.41) is 21.1. The van der Waals surface area contributed by atoms with E-state index in [-0.39, 0.29) is 34.2 Å². The van der Waals surface area contributed by atoms with Crippen LogP contribution in [0.2, 0.25) is 0 Å². The average Bonchev–Trinajstić information content (AvgIpc) is 3.12. The number of hydrogen-bond acceptors (Lipinski definition) is 4. The minimum atomic E-state index is -0.592. The van der Waals surface area contributed by atoms with Crippen LogP contribution in [0, 0.1) is 5.92 Å². The van der Waals surface area contributed by atoms with Gasteiger partial charge in [0.2, 0.25) is 5.91 Å². The quantitative estimate of drug-likeness (QED) is 0.324. The number of phenols is 2. The Labute approximate surface area is 185 Å². The minimum Gasteiger partial charge on any atom is -0.508 e. The molecule has 2 aromatic rings. The molecule has 5 heteroatoms. The smallest absolute Gasteiger partial charge is 0.238 e. The third kappa shape index (κ3) is 4.03. The predicted molar refractivity (Wildman–Crippen MR) is 124 cm³/mol. The number of amides is 1. The number of rotatable bonds is 3. The number of nitrogens with one attached hydrogen (secondary N) is 1. The summed E-state index contributed by atoms with van der Waals surface area (Å²) in [7, 11) is 0. The lowest BCUT2D eigenvalue weighted by Crippen LogP contribution is -2.45. The van der Waals surface area contributed by atoms with Crippen molar-refractivity contribution in [1.29, 1.82) is 0 Å². The SMILES string of the molecule is CC(C)(C)c1cc(C2(c3ccc(O)c(C(C)(C)C)c3)CCCC2C(=O)NN)ccc1O. The molecule has 1 fully saturated rings. The van der Waals surface area contributed by atoms with Crippen LogP contribution in [0.4, 0.5) is 0 Å². The third-order valence-corrected chi connectivity index (χ3v) is 6.76. The van der Waals surface area contributed by atoms with Gasteiger partial charge in [-0.15, -0.1) is 0 Å². The van der Waals surface area contributed by atoms with Gasteiger partial charge >= 0.3 is 0 Å². The number of nitrogens with two attached hydrogens (primary N) is 1. The molecule has 0 aromatic heterocycles. The third-order valence-electron chi connectivity index (χ3n) is 6.76. The summed E-state index contributed by atoms with van der Waals surface area (Å²) in [6, 6.07) is 11.4. The molecule has 2 aromatic carbocycles. The van der Waals surface area contributed by atoms with Gasteiger partial charge in [-0.1, -0.05) is 72.2 Å². The Morgan fingerprint density at radius 2 is 1.39 bits per heavy atom. The van der Waals surface area contributed by atoms with Crippen molar-refractivity contribution in [2.24, 2.45) is 11.8 Å². The molecule has 1 saturated carbocycles. The van der Waals surface area contributed by atoms with Gasteiger partial charge in [0, 0.05) is 5.41 Å². The Kier molecular flexibility index (Phi) is 5.87. The van der Waals surface area contributed by atoms with Crippen molar-refractivity contribution in [3.8, 4) is 11.5 Å². The largest absolute Gasteiger partial charge is 0.508 e. The normalized spacial score (nSPS) is 18.7. The first kappa shape index (κ1) is 23.1. The summed E-state index contributed by atoms with van der Waals surface area (Å²) in [5.74, 6) is 5.58. The van der Waals surface area contributed by atoms with Crippen LogP contribution in [0.25, 0.3) is 0 Å². The van der Waals surface area contributed by atoms with Crippen LogP contribution in [0.1, 0.15) is 83.1 Å². The molecule has 0 saturated heterocycles. The molecular weight excluding hydrogens is 388 g/mol. The predicted octanol–water partition coefficient (Wildman–Crippen LogP) is 4.77. The standard InChI is InChI=1S/C26H36N2O3/c1-24(2,3)19-14-16(9-11-21(19)29)26(13-7-8-18(26)23(31)28-27)17-10-12-22(30)20(15-17)25(4,5)6/h9-12,14-15,18,29-30H,7-8,13,27H2,1-6H3,(H,28,31). The minimum absolute atomic E-state index is 0.187. The van der Waals surface area contributed by atoms with Gasteiger partial charge in [0.05, 0.1) is 5.92 Å². The van der Waals surface area contributed by atoms with E-state index in [4.69, 9.17) is 5.84 Å². The Morgan fingerprint density at radius 1 is 0.935 bits per heavy atom. The number of aromatic hydroxyl groups is 2. The van der Waals surface area contributed by atoms with Gasteiger partial charge in [-0.2, -0.15) is 0 Å². The molecule has 5 nitrogen and oxygen atoms in total. The van der Waals surface area contributed by atoms with Crippen molar-refractivity contribution in [3.63, 3.8) is 0 Å². The zero-order chi connectivity index (χ0) is 23.2. The summed E-state index contributed by atoms with van der Waals surface area (Å²) in [6.07, 6.45) is 2.39. The molecule has 3 rings (SSSR count). The van der Waals surface area contributed by atoms with E-state index in [9.17, 15) is 15.0 Å². The summed E-state index contributed by atoms with van der Waals surface area (Å²) >= 11 is 0. The van der Waals surface area contributed by atoms with E-state index >= 15 is 0 Å². The highest BCUT2D eigenvalue weighted by molar-refractivity contribution is 5.81. The second-order valence-electron chi connectivity index (χ2n) is 10.9. The van der Waals surface area contributed by atoms with Crippen molar-refractivity contribution >= 4 is 5.91 Å². The fourth-order valence-electron chi connectivity index (χ4n) is 5.15. The van der Waals surface area contributed by atoms with Crippen molar-refractivity contribution in [2.75, 3.05) is 0 Å². The maximum atomic E-state index is 12.9. The lowest BCUT2D eigenvalue weighted by molar-refractivity contribution is -0.126. The van der Waals surface area contributed by atoms with Crippen molar-refractivity contribution in [1.82, 2.24) is 5.43 Å². The van der Waals surface area contributed by atoms with Crippen LogP contribution in [0.3, 0.4) is 0 Å². The van der Waals surface area contributed by atoms with Crippen molar-refractivity contribution in [2.45, 2.75) is 77.0 Å². The molecule has 1 atom stereocenters. The first-order valence-corrected chi connectivity index (χ1v) is 11.0. The van der Waals surface area contributed by atoms with Gasteiger partial charge in [0.25, 0.3) is 0 Å². The van der Waals surface area contributed by atoms with Gasteiger partial charge in [-0.3, -0.25) is 10.2 Å². The average molecular weight is 425 g/mol. The van der Waals surface area contributed by atoms with Gasteiger partial charge in [0.1, 0.15) is 11.5 Å². The van der Waals surface area contributed by atoms with E-state index in [1.165, 1.54) is 0 Å². The van der Waals surface area contributed by atoms with E-state index in [0.717, 1.165) is 41.5 Å². The highest BCUT2D eigenvalue weighted by Gasteiger charge is 2.49. The molecule has 1 aliphatic carbocycles. The molecule has 31 heavy (non-hydrogen) atoms. The Morgan fingerprint density at radius 3 is 1.77 bits per heavy atom. The van der Waals surface area contributed by atoms with Crippen LogP contribution >= 0.6 is 0 Å². The van der Waals surface area contributed by atoms with E-state index < -0.39 is 5.41 Å². The van der Waals surface area contributed by atoms with E-state index in [2.05, 4.69) is 47.0 Å². The highest BCUT2D eigenvalue weighted by Crippen LogP contribution is 2.52. The Bertz CT molecular complexity index is 920. The van der Waals surface area contributed by atoms with Crippen LogP contribution in [0.5, 0.6) is 11.5 Å². The molecule has 168 valence electrons. The Hall–Kier alpha value is -2.53. The van der Waals surface area contributed by atoms with E-state index in [1.54, 1.807) is 12.1 Å². The van der Waals surface area contributed by atoms with Crippen LogP contribution in [0.15, 0.2) is 36.4 Å². The van der Waals surface area contributed by atoms with Crippen LogP contribution < -0.4 is 11.3 Å². The molecule has 0 bridgehead atoms. The lowest BCUT2D eigenvalue weighted by Gasteiger charge is -2.38. The van der Waals surface area contributed by atoms with Crippen LogP contribution in [-0.2, 0) is 21.0 Å². The number of hydrogen-bond donors (Lipinski definition) is 4. The fraction of sp³-hybridized carbons (Fsp3) is 0.500. The monoisotopic (exact) mass is 424 g/mol. The molecule has 0 aliphatic heterocycles. The fourth-order valence-corrected chi connectivity index (χ4v) is 5.15. The van der Waals surface area contributed by atoms with Crippen molar-refractivity contribution < 1.29 is 15.0 Å². The Balaban J connectivity index is 2.33. The van der Waals surface area contributed by atoms with Crippen LogP contribution in [-0.4, -0.2) is 16.1 Å². The second kappa shape index (κ2) is 7.86. The first-order chi connectivity index (χ1) is 14.3. The maximum Gasteiger partial charge on any atom is 0.238 e. The molecule has 5 N–H and O–H groups in total. The highest BCUT2D eigenvalue weighted by atomic mass is 16.3. The summed E-state index contributed by atoms with van der Waals surface area (Å²) < 4.78 is 0. The number of phenolic OH excluding ortho intramolecular Hbond substituents is 2. The first-order valence-electron chi connectivity index (χ1n) is 11.0. The molecule has 1 unspecified atom stereocenters. The van der Waals surface area contributed by atoms with Crippen molar-refractivity contribution in [3.05, 3.63) is 58.7 Å². The molecule has 0 heterocycles. The molecule has 0 radical (unpaired) electrons. The molecular formula is C26H36N2O3. The van der Waals surface area contributed by atoms with Gasteiger partial charge in [0.15, 0.2) is 0 Å². The second-order valence-corrected chi connectivity index (χ2v) is 10.9. The summed E-state index contributed by atoms with van der Waals surface area (Å²) in [4.78, 5) is 12.9. The van der Waals surface area contributed by atoms with E-state index in [1.807, 2.05) is 24.3 Å². The zero-order valence-electron chi connectivity index (χ0n) is 19.5. The summed E-state index contributed by atoms with van der Waals surface area (Å²) in [5.41, 5.74) is 4.95. The van der Waals surface area contributed by atoms with E-state index in [0.29, 0.717) is 0 Å². The number of hydrazine groups is 1. The molecule has 1 aliphatic rings. The maximum absolute atomic E-state index is 12.9. The lowest BCUT2D eigenvalue weighted by atomic mass is 9.65. The topological polar surface area (TPSA) is 95.6 Å². The number of carbonyl (C=O) groups is 1. The molecule has 0 spiro atoms. The zero-order valence-corrected chi connectivity index (χ0v) is 19.5. The van der Waals surface area contributed by atoms with Gasteiger partial charge < -0.3 is 10.2 Å². The molecule has 1 amide bonds. The van der Waals surface area contributed by atoms with Gasteiger partial charge in [-0.05, 0) is 58.1 Å². The summed E-state index contributed by atoms with van der Waals surface area (Å²) in [6.45, 7) is 12.4. The number of benzene rings is 2.